The van der Waals surface area contributed by atoms with E-state index in [1.165, 1.54) is 11.3 Å². The summed E-state index contributed by atoms with van der Waals surface area (Å²) in [6, 6.07) is 9.27. The van der Waals surface area contributed by atoms with Gasteiger partial charge in [-0.05, 0) is 31.9 Å². The topological polar surface area (TPSA) is 131 Å². The van der Waals surface area contributed by atoms with E-state index in [4.69, 9.17) is 4.42 Å². The minimum atomic E-state index is -0.677. The zero-order valence-corrected chi connectivity index (χ0v) is 19.4. The number of hydrogen-bond donors (Lipinski definition) is 2. The molecule has 0 bridgehead atoms. The van der Waals surface area contributed by atoms with Gasteiger partial charge in [0.15, 0.2) is 5.76 Å². The van der Waals surface area contributed by atoms with E-state index in [2.05, 4.69) is 20.6 Å². The molecular formula is C23H24N4O6S. The molecule has 11 heteroatoms. The second-order valence-corrected chi connectivity index (χ2v) is 8.66. The highest BCUT2D eigenvalue weighted by atomic mass is 32.1. The van der Waals surface area contributed by atoms with E-state index in [1.807, 2.05) is 24.3 Å². The predicted molar refractivity (Wildman–Crippen MR) is 123 cm³/mol. The maximum Gasteiger partial charge on any atom is 0.315 e. The molecule has 3 aromatic rings. The van der Waals surface area contributed by atoms with Gasteiger partial charge in [-0.25, -0.2) is 4.98 Å². The van der Waals surface area contributed by atoms with Gasteiger partial charge >= 0.3 is 5.97 Å². The van der Waals surface area contributed by atoms with Crippen LogP contribution < -0.4 is 10.9 Å². The number of hydrogen-bond acceptors (Lipinski definition) is 8. The van der Waals surface area contributed by atoms with Crippen molar-refractivity contribution in [1.82, 2.24) is 20.7 Å². The third-order valence-corrected chi connectivity index (χ3v) is 6.46. The summed E-state index contributed by atoms with van der Waals surface area (Å²) in [4.78, 5) is 54.2. The molecule has 2 aromatic heterocycles. The first-order valence-corrected chi connectivity index (χ1v) is 11.8. The number of amides is 3. The first-order valence-electron chi connectivity index (χ1n) is 10.9. The van der Waals surface area contributed by atoms with E-state index in [9.17, 15) is 19.2 Å². The number of likely N-dealkylation sites (tertiary alicyclic amines) is 1. The fourth-order valence-electron chi connectivity index (χ4n) is 3.73. The van der Waals surface area contributed by atoms with Gasteiger partial charge in [0.25, 0.3) is 11.8 Å². The standard InChI is InChI=1S/C23H24N4O6S/c1-2-32-20(29)12-19(28)25-26-21(30)16-13-34-22(24-16)14-7-9-27(10-8-14)23(31)18-11-15-5-3-4-6-17(15)33-18/h3-6,11,13-14H,2,7-10,12H2,1H3,(H,25,28)(H,26,30). The summed E-state index contributed by atoms with van der Waals surface area (Å²) in [5.41, 5.74) is 5.29. The number of nitrogens with zero attached hydrogens (tertiary/aromatic N) is 2. The Morgan fingerprint density at radius 3 is 2.68 bits per heavy atom. The number of fused-ring (bicyclic) bond motifs is 1. The monoisotopic (exact) mass is 484 g/mol. The van der Waals surface area contributed by atoms with Crippen LogP contribution in [0.1, 0.15) is 58.2 Å². The smallest absolute Gasteiger partial charge is 0.315 e. The molecule has 1 fully saturated rings. The predicted octanol–water partition coefficient (Wildman–Crippen LogP) is 2.62. The van der Waals surface area contributed by atoms with E-state index < -0.39 is 24.2 Å². The van der Waals surface area contributed by atoms with Crippen LogP contribution in [-0.4, -0.2) is 53.3 Å². The minimum Gasteiger partial charge on any atom is -0.466 e. The van der Waals surface area contributed by atoms with Gasteiger partial charge < -0.3 is 14.1 Å². The van der Waals surface area contributed by atoms with Crippen molar-refractivity contribution in [2.75, 3.05) is 19.7 Å². The number of ether oxygens (including phenoxy) is 1. The summed E-state index contributed by atoms with van der Waals surface area (Å²) in [5, 5.41) is 3.32. The summed E-state index contributed by atoms with van der Waals surface area (Å²) in [6.07, 6.45) is 0.954. The number of aromatic nitrogens is 1. The van der Waals surface area contributed by atoms with Gasteiger partial charge in [-0.2, -0.15) is 0 Å². The zero-order chi connectivity index (χ0) is 24.1. The molecule has 0 aliphatic carbocycles. The zero-order valence-electron chi connectivity index (χ0n) is 18.5. The SMILES string of the molecule is CCOC(=O)CC(=O)NNC(=O)c1csc(C2CCN(C(=O)c3cc4ccccc4o3)CC2)n1. The second-order valence-electron chi connectivity index (χ2n) is 7.77. The summed E-state index contributed by atoms with van der Waals surface area (Å²) in [7, 11) is 0. The maximum absolute atomic E-state index is 12.8. The highest BCUT2D eigenvalue weighted by Gasteiger charge is 2.28. The molecule has 4 rings (SSSR count). The van der Waals surface area contributed by atoms with Crippen LogP contribution in [0.4, 0.5) is 0 Å². The Morgan fingerprint density at radius 1 is 1.18 bits per heavy atom. The van der Waals surface area contributed by atoms with Crippen LogP contribution in [0.5, 0.6) is 0 Å². The number of esters is 1. The molecule has 0 atom stereocenters. The van der Waals surface area contributed by atoms with Crippen molar-refractivity contribution in [2.24, 2.45) is 0 Å². The molecule has 1 aliphatic rings. The van der Waals surface area contributed by atoms with Crippen molar-refractivity contribution in [3.8, 4) is 0 Å². The van der Waals surface area contributed by atoms with Crippen molar-refractivity contribution in [3.63, 3.8) is 0 Å². The van der Waals surface area contributed by atoms with E-state index in [-0.39, 0.29) is 24.1 Å². The third kappa shape index (κ3) is 5.42. The highest BCUT2D eigenvalue weighted by Crippen LogP contribution is 2.31. The van der Waals surface area contributed by atoms with Crippen LogP contribution in [0.3, 0.4) is 0 Å². The molecule has 2 N–H and O–H groups in total. The van der Waals surface area contributed by atoms with Crippen molar-refractivity contribution >= 4 is 46.0 Å². The molecule has 178 valence electrons. The number of piperidine rings is 1. The molecule has 0 radical (unpaired) electrons. The second kappa shape index (κ2) is 10.5. The number of carbonyl (C=O) groups is 4. The lowest BCUT2D eigenvalue weighted by Crippen LogP contribution is -2.42. The lowest BCUT2D eigenvalue weighted by molar-refractivity contribution is -0.146. The molecule has 0 unspecified atom stereocenters. The minimum absolute atomic E-state index is 0.129. The molecule has 1 saturated heterocycles. The number of carbonyl (C=O) groups excluding carboxylic acids is 4. The van der Waals surface area contributed by atoms with Crippen molar-refractivity contribution in [1.29, 1.82) is 0 Å². The normalized spacial score (nSPS) is 14.1. The summed E-state index contributed by atoms with van der Waals surface area (Å²) < 4.78 is 10.4. The van der Waals surface area contributed by atoms with Crippen LogP contribution in [0.15, 0.2) is 40.1 Å². The van der Waals surface area contributed by atoms with Crippen LogP contribution in [0, 0.1) is 0 Å². The number of benzene rings is 1. The Balaban J connectivity index is 1.27. The fourth-order valence-corrected chi connectivity index (χ4v) is 4.70. The molecule has 3 amide bonds. The average Bonchev–Trinajstić information content (AvgIpc) is 3.50. The summed E-state index contributed by atoms with van der Waals surface area (Å²) >= 11 is 1.36. The molecule has 0 saturated carbocycles. The first kappa shape index (κ1) is 23.4. The summed E-state index contributed by atoms with van der Waals surface area (Å²) in [5.74, 6) is -1.59. The Labute approximate surface area is 199 Å². The Morgan fingerprint density at radius 2 is 1.94 bits per heavy atom. The molecule has 3 heterocycles. The Kier molecular flexibility index (Phi) is 7.21. The molecular weight excluding hydrogens is 460 g/mol. The number of nitrogens with one attached hydrogen (secondary N) is 2. The van der Waals surface area contributed by atoms with Crippen LogP contribution in [-0.2, 0) is 14.3 Å². The number of hydrazine groups is 1. The lowest BCUT2D eigenvalue weighted by atomic mass is 9.97. The number of rotatable bonds is 6. The van der Waals surface area contributed by atoms with E-state index in [0.717, 1.165) is 23.2 Å². The van der Waals surface area contributed by atoms with Gasteiger partial charge in [0, 0.05) is 29.8 Å². The van der Waals surface area contributed by atoms with Gasteiger partial charge in [0.05, 0.1) is 11.6 Å². The van der Waals surface area contributed by atoms with Crippen LogP contribution in [0.25, 0.3) is 11.0 Å². The summed E-state index contributed by atoms with van der Waals surface area (Å²) in [6.45, 7) is 2.93. The van der Waals surface area contributed by atoms with Crippen molar-refractivity contribution in [2.45, 2.75) is 32.1 Å². The van der Waals surface area contributed by atoms with Gasteiger partial charge in [0.1, 0.15) is 17.7 Å². The number of thiazole rings is 1. The maximum atomic E-state index is 12.8. The number of furan rings is 1. The Bertz CT molecular complexity index is 1180. The van der Waals surface area contributed by atoms with Crippen LogP contribution >= 0.6 is 11.3 Å². The molecule has 1 aromatic carbocycles. The van der Waals surface area contributed by atoms with Gasteiger partial charge in [-0.3, -0.25) is 30.0 Å². The largest absolute Gasteiger partial charge is 0.466 e. The van der Waals surface area contributed by atoms with Crippen molar-refractivity contribution in [3.05, 3.63) is 52.2 Å². The first-order chi connectivity index (χ1) is 16.4. The average molecular weight is 485 g/mol. The highest BCUT2D eigenvalue weighted by molar-refractivity contribution is 7.09. The van der Waals surface area contributed by atoms with Gasteiger partial charge in [0.2, 0.25) is 5.91 Å². The van der Waals surface area contributed by atoms with E-state index in [1.54, 1.807) is 23.3 Å². The fraction of sp³-hybridized carbons (Fsp3) is 0.348. The lowest BCUT2D eigenvalue weighted by Gasteiger charge is -2.30. The molecule has 34 heavy (non-hydrogen) atoms. The van der Waals surface area contributed by atoms with E-state index >= 15 is 0 Å². The van der Waals surface area contributed by atoms with Gasteiger partial charge in [-0.1, -0.05) is 18.2 Å². The third-order valence-electron chi connectivity index (χ3n) is 5.45. The Hall–Kier alpha value is -3.73. The quantitative estimate of drug-likeness (QED) is 0.312. The van der Waals surface area contributed by atoms with E-state index in [0.29, 0.717) is 24.4 Å². The molecule has 1 aliphatic heterocycles. The van der Waals surface area contributed by atoms with Crippen molar-refractivity contribution < 1.29 is 28.3 Å². The molecule has 10 nitrogen and oxygen atoms in total. The van der Waals surface area contributed by atoms with Gasteiger partial charge in [-0.15, -0.1) is 11.3 Å². The molecule has 0 spiro atoms. The number of para-hydroxylation sites is 1. The van der Waals surface area contributed by atoms with Crippen LogP contribution in [0.2, 0.25) is 0 Å².